The van der Waals surface area contributed by atoms with Crippen LogP contribution in [-0.2, 0) is 36.9 Å². The van der Waals surface area contributed by atoms with Gasteiger partial charge >= 0.3 is 11.9 Å². The summed E-state index contributed by atoms with van der Waals surface area (Å²) in [6, 6.07) is 18.9. The highest BCUT2D eigenvalue weighted by Crippen LogP contribution is 2.36. The third-order valence-corrected chi connectivity index (χ3v) is 8.06. The van der Waals surface area contributed by atoms with Gasteiger partial charge in [0.15, 0.2) is 0 Å². The van der Waals surface area contributed by atoms with Crippen molar-refractivity contribution in [1.29, 1.82) is 0 Å². The molecule has 9 nitrogen and oxygen atoms in total. The molecule has 0 aromatic heterocycles. The molecule has 1 aliphatic heterocycles. The van der Waals surface area contributed by atoms with Gasteiger partial charge in [0.2, 0.25) is 5.91 Å². The summed E-state index contributed by atoms with van der Waals surface area (Å²) in [5, 5.41) is 17.6. The fourth-order valence-corrected chi connectivity index (χ4v) is 5.58. The molecule has 4 rings (SSSR count). The molecule has 1 unspecified atom stereocenters. The number of carbonyl (C=O) groups excluding carboxylic acids is 3. The Morgan fingerprint density at radius 3 is 2.11 bits per heavy atom. The van der Waals surface area contributed by atoms with Gasteiger partial charge in [-0.2, -0.15) is 0 Å². The Bertz CT molecular complexity index is 1370. The highest BCUT2D eigenvalue weighted by Gasteiger charge is 2.38. The first-order valence-electron chi connectivity index (χ1n) is 15.4. The lowest BCUT2D eigenvalue weighted by molar-refractivity contribution is -0.148. The van der Waals surface area contributed by atoms with E-state index in [1.165, 1.54) is 0 Å². The van der Waals surface area contributed by atoms with Gasteiger partial charge in [-0.3, -0.25) is 9.59 Å². The van der Waals surface area contributed by atoms with E-state index in [9.17, 15) is 19.5 Å². The number of nitrogens with zero attached hydrogens (tertiary/aromatic N) is 1. The van der Waals surface area contributed by atoms with E-state index in [1.807, 2.05) is 60.7 Å². The SMILES string of the molecule is CC1=C(C(=O)N[C@@H](Cc2ccccc2)[C@H](O)CNC2CC2)C(C)C(C(=O)OCc2ccccc2)=C(C)N1CC(=O)OC(C)C. The van der Waals surface area contributed by atoms with E-state index >= 15 is 0 Å². The minimum absolute atomic E-state index is 0.0716. The molecule has 9 heteroatoms. The molecule has 2 aromatic rings. The monoisotopic (exact) mass is 603 g/mol. The van der Waals surface area contributed by atoms with Crippen molar-refractivity contribution in [3.05, 3.63) is 94.3 Å². The van der Waals surface area contributed by atoms with Crippen LogP contribution in [0.2, 0.25) is 0 Å². The van der Waals surface area contributed by atoms with Crippen LogP contribution in [0.4, 0.5) is 0 Å². The lowest BCUT2D eigenvalue weighted by atomic mass is 9.85. The van der Waals surface area contributed by atoms with Crippen molar-refractivity contribution in [2.75, 3.05) is 13.1 Å². The summed E-state index contributed by atoms with van der Waals surface area (Å²) in [6.45, 7) is 9.09. The molecule has 2 aliphatic rings. The molecule has 0 bridgehead atoms. The summed E-state index contributed by atoms with van der Waals surface area (Å²) >= 11 is 0. The number of carbonyl (C=O) groups is 3. The van der Waals surface area contributed by atoms with Crippen LogP contribution in [0.15, 0.2) is 83.2 Å². The second-order valence-electron chi connectivity index (χ2n) is 11.9. The number of benzene rings is 2. The lowest BCUT2D eigenvalue weighted by Crippen LogP contribution is -2.50. The predicted octanol–water partition coefficient (Wildman–Crippen LogP) is 4.02. The van der Waals surface area contributed by atoms with E-state index < -0.39 is 35.9 Å². The zero-order chi connectivity index (χ0) is 31.8. The molecule has 2 aromatic carbocycles. The van der Waals surface area contributed by atoms with Gasteiger partial charge in [-0.1, -0.05) is 67.6 Å². The number of ether oxygens (including phenoxy) is 2. The summed E-state index contributed by atoms with van der Waals surface area (Å²) < 4.78 is 11.1. The van der Waals surface area contributed by atoms with Crippen molar-refractivity contribution in [1.82, 2.24) is 15.5 Å². The van der Waals surface area contributed by atoms with Gasteiger partial charge in [0.25, 0.3) is 0 Å². The van der Waals surface area contributed by atoms with E-state index in [1.54, 1.807) is 39.5 Å². The van der Waals surface area contributed by atoms with Crippen LogP contribution in [0.5, 0.6) is 0 Å². The number of nitrogens with one attached hydrogen (secondary N) is 2. The number of esters is 2. The van der Waals surface area contributed by atoms with Gasteiger partial charge in [0.05, 0.1) is 23.8 Å². The number of aliphatic hydroxyl groups excluding tert-OH is 1. The number of amides is 1. The van der Waals surface area contributed by atoms with Crippen molar-refractivity contribution in [2.45, 2.75) is 84.8 Å². The van der Waals surface area contributed by atoms with Gasteiger partial charge < -0.3 is 30.1 Å². The van der Waals surface area contributed by atoms with Crippen molar-refractivity contribution in [3.63, 3.8) is 0 Å². The highest BCUT2D eigenvalue weighted by atomic mass is 16.5. The maximum atomic E-state index is 14.1. The summed E-state index contributed by atoms with van der Waals surface area (Å²) in [5.41, 5.74) is 3.51. The molecular weight excluding hydrogens is 558 g/mol. The normalized spacial score (nSPS) is 18.2. The predicted molar refractivity (Wildman–Crippen MR) is 168 cm³/mol. The molecule has 3 atom stereocenters. The standard InChI is InChI=1S/C35H45N3O6/c1-22(2)44-31(40)20-38-24(4)32(23(3)33(25(38)5)35(42)43-21-27-14-10-7-11-15-27)34(41)37-29(18-26-12-8-6-9-13-26)30(39)19-36-28-16-17-28/h6-15,22-23,28-30,36,39H,16-21H2,1-5H3,(H,37,41)/t23?,29-,30+/m0/s1. The van der Waals surface area contributed by atoms with Gasteiger partial charge in [0.1, 0.15) is 13.2 Å². The molecule has 1 saturated carbocycles. The van der Waals surface area contributed by atoms with Crippen molar-refractivity contribution >= 4 is 17.8 Å². The molecule has 1 aliphatic carbocycles. The van der Waals surface area contributed by atoms with E-state index in [-0.39, 0.29) is 19.3 Å². The van der Waals surface area contributed by atoms with Crippen molar-refractivity contribution in [2.24, 2.45) is 5.92 Å². The minimum atomic E-state index is -0.843. The first-order chi connectivity index (χ1) is 21.0. The topological polar surface area (TPSA) is 117 Å². The average molecular weight is 604 g/mol. The molecular formula is C35H45N3O6. The van der Waals surface area contributed by atoms with Crippen LogP contribution in [0.25, 0.3) is 0 Å². The van der Waals surface area contributed by atoms with Gasteiger partial charge in [-0.25, -0.2) is 4.79 Å². The third kappa shape index (κ3) is 8.80. The van der Waals surface area contributed by atoms with E-state index in [0.717, 1.165) is 24.0 Å². The molecule has 1 fully saturated rings. The van der Waals surface area contributed by atoms with Crippen LogP contribution in [0.1, 0.15) is 58.6 Å². The minimum Gasteiger partial charge on any atom is -0.462 e. The lowest BCUT2D eigenvalue weighted by Gasteiger charge is -2.37. The average Bonchev–Trinajstić information content (AvgIpc) is 3.82. The number of allylic oxidation sites excluding steroid dienone is 2. The molecule has 236 valence electrons. The fourth-order valence-electron chi connectivity index (χ4n) is 5.58. The van der Waals surface area contributed by atoms with Crippen LogP contribution >= 0.6 is 0 Å². The summed E-state index contributed by atoms with van der Waals surface area (Å²) in [6.07, 6.45) is 1.42. The van der Waals surface area contributed by atoms with Crippen LogP contribution in [-0.4, -0.2) is 65.2 Å². The smallest absolute Gasteiger partial charge is 0.336 e. The molecule has 1 amide bonds. The Labute approximate surface area is 260 Å². The fraction of sp³-hybridized carbons (Fsp3) is 0.457. The zero-order valence-electron chi connectivity index (χ0n) is 26.3. The Kier molecular flexibility index (Phi) is 11.4. The number of rotatable bonds is 14. The van der Waals surface area contributed by atoms with Gasteiger partial charge in [0, 0.05) is 35.5 Å². The molecule has 3 N–H and O–H groups in total. The Hall–Kier alpha value is -3.95. The number of hydrogen-bond acceptors (Lipinski definition) is 8. The maximum Gasteiger partial charge on any atom is 0.336 e. The Morgan fingerprint density at radius 1 is 0.932 bits per heavy atom. The number of aliphatic hydroxyl groups is 1. The van der Waals surface area contributed by atoms with E-state index in [4.69, 9.17) is 9.47 Å². The van der Waals surface area contributed by atoms with Gasteiger partial charge in [-0.05, 0) is 58.1 Å². The Balaban J connectivity index is 1.61. The van der Waals surface area contributed by atoms with Crippen molar-refractivity contribution < 1.29 is 29.0 Å². The second kappa shape index (κ2) is 15.2. The highest BCUT2D eigenvalue weighted by molar-refractivity contribution is 6.00. The quantitative estimate of drug-likeness (QED) is 0.277. The summed E-state index contributed by atoms with van der Waals surface area (Å²) in [4.78, 5) is 42.1. The maximum absolute atomic E-state index is 14.1. The largest absolute Gasteiger partial charge is 0.462 e. The molecule has 0 radical (unpaired) electrons. The molecule has 44 heavy (non-hydrogen) atoms. The molecule has 1 heterocycles. The van der Waals surface area contributed by atoms with E-state index in [2.05, 4.69) is 10.6 Å². The summed E-state index contributed by atoms with van der Waals surface area (Å²) in [7, 11) is 0. The second-order valence-corrected chi connectivity index (χ2v) is 11.9. The van der Waals surface area contributed by atoms with Crippen LogP contribution < -0.4 is 10.6 Å². The van der Waals surface area contributed by atoms with Crippen LogP contribution in [0.3, 0.4) is 0 Å². The first-order valence-corrected chi connectivity index (χ1v) is 15.4. The zero-order valence-corrected chi connectivity index (χ0v) is 26.3. The summed E-state index contributed by atoms with van der Waals surface area (Å²) in [5.74, 6) is -2.08. The third-order valence-electron chi connectivity index (χ3n) is 8.06. The van der Waals surface area contributed by atoms with Gasteiger partial charge in [-0.15, -0.1) is 0 Å². The van der Waals surface area contributed by atoms with Crippen molar-refractivity contribution in [3.8, 4) is 0 Å². The number of hydrogen-bond donors (Lipinski definition) is 3. The van der Waals surface area contributed by atoms with Crippen LogP contribution in [0, 0.1) is 5.92 Å². The molecule has 0 saturated heterocycles. The van der Waals surface area contributed by atoms with E-state index in [0.29, 0.717) is 41.5 Å². The molecule has 0 spiro atoms. The Morgan fingerprint density at radius 2 is 1.52 bits per heavy atom. The first kappa shape index (κ1) is 33.0.